The van der Waals surface area contributed by atoms with Gasteiger partial charge in [0, 0.05) is 30.5 Å². The second-order valence-corrected chi connectivity index (χ2v) is 6.60. The number of anilines is 1. The van der Waals surface area contributed by atoms with Crippen molar-refractivity contribution in [2.75, 3.05) is 11.9 Å². The molecule has 26 heavy (non-hydrogen) atoms. The third-order valence-corrected chi connectivity index (χ3v) is 4.32. The lowest BCUT2D eigenvalue weighted by atomic mass is 9.95. The number of hydrogen-bond acceptors (Lipinski definition) is 3. The molecule has 2 aromatic rings. The van der Waals surface area contributed by atoms with E-state index in [1.807, 2.05) is 0 Å². The zero-order valence-electron chi connectivity index (χ0n) is 13.9. The van der Waals surface area contributed by atoms with Crippen LogP contribution >= 0.6 is 11.6 Å². The van der Waals surface area contributed by atoms with Crippen LogP contribution in [-0.4, -0.2) is 18.4 Å². The lowest BCUT2D eigenvalue weighted by Gasteiger charge is -2.22. The molecule has 1 saturated heterocycles. The molecule has 1 unspecified atom stereocenters. The second kappa shape index (κ2) is 8.19. The van der Waals surface area contributed by atoms with Gasteiger partial charge in [-0.3, -0.25) is 9.59 Å². The Morgan fingerprint density at radius 2 is 2.15 bits per heavy atom. The maximum Gasteiger partial charge on any atom is 0.224 e. The van der Waals surface area contributed by atoms with E-state index in [0.29, 0.717) is 41.6 Å². The van der Waals surface area contributed by atoms with Gasteiger partial charge in [-0.1, -0.05) is 17.7 Å². The minimum absolute atomic E-state index is 0.0160. The van der Waals surface area contributed by atoms with Gasteiger partial charge in [-0.05, 0) is 42.7 Å². The van der Waals surface area contributed by atoms with E-state index in [0.717, 1.165) is 0 Å². The summed E-state index contributed by atoms with van der Waals surface area (Å²) in [6.07, 6.45) is 1.40. The average molecular weight is 377 g/mol. The van der Waals surface area contributed by atoms with E-state index in [1.165, 1.54) is 18.2 Å². The summed E-state index contributed by atoms with van der Waals surface area (Å²) in [5, 5.41) is 5.99. The van der Waals surface area contributed by atoms with E-state index in [4.69, 9.17) is 16.3 Å². The zero-order valence-corrected chi connectivity index (χ0v) is 14.7. The van der Waals surface area contributed by atoms with Gasteiger partial charge in [-0.15, -0.1) is 0 Å². The van der Waals surface area contributed by atoms with E-state index in [1.54, 1.807) is 24.3 Å². The highest BCUT2D eigenvalue weighted by atomic mass is 35.5. The molecule has 0 aromatic heterocycles. The molecule has 2 N–H and O–H groups in total. The molecule has 7 heteroatoms. The minimum atomic E-state index is -0.415. The molecule has 0 aliphatic carbocycles. The Bertz CT molecular complexity index is 818. The molecule has 2 amide bonds. The van der Waals surface area contributed by atoms with Crippen LogP contribution in [0.25, 0.3) is 0 Å². The van der Waals surface area contributed by atoms with Crippen molar-refractivity contribution in [3.05, 3.63) is 53.3 Å². The fourth-order valence-corrected chi connectivity index (χ4v) is 2.94. The van der Waals surface area contributed by atoms with Gasteiger partial charge in [0.15, 0.2) is 5.75 Å². The highest BCUT2D eigenvalue weighted by Crippen LogP contribution is 2.32. The molecule has 1 aliphatic heterocycles. The fourth-order valence-electron chi connectivity index (χ4n) is 2.77. The number of halogens is 2. The van der Waals surface area contributed by atoms with Crippen LogP contribution in [-0.2, 0) is 9.59 Å². The summed E-state index contributed by atoms with van der Waals surface area (Å²) in [7, 11) is 0. The summed E-state index contributed by atoms with van der Waals surface area (Å²) in [4.78, 5) is 23.5. The van der Waals surface area contributed by atoms with Crippen molar-refractivity contribution in [1.82, 2.24) is 5.32 Å². The van der Waals surface area contributed by atoms with E-state index >= 15 is 0 Å². The van der Waals surface area contributed by atoms with Crippen molar-refractivity contribution in [3.63, 3.8) is 0 Å². The first kappa shape index (κ1) is 18.2. The maximum atomic E-state index is 13.3. The molecule has 3 rings (SSSR count). The molecule has 1 heterocycles. The molecule has 136 valence electrons. The Labute approximate surface area is 155 Å². The van der Waals surface area contributed by atoms with Crippen LogP contribution in [0.5, 0.6) is 11.5 Å². The number of hydrogen-bond donors (Lipinski definition) is 2. The number of piperidine rings is 1. The molecule has 0 bridgehead atoms. The Balaban J connectivity index is 1.69. The van der Waals surface area contributed by atoms with E-state index < -0.39 is 5.82 Å². The van der Waals surface area contributed by atoms with Gasteiger partial charge in [0.05, 0.1) is 5.69 Å². The maximum absolute atomic E-state index is 13.3. The number of nitrogens with one attached hydrogen (secondary N) is 2. The van der Waals surface area contributed by atoms with Gasteiger partial charge in [0.1, 0.15) is 11.6 Å². The van der Waals surface area contributed by atoms with Crippen molar-refractivity contribution in [2.45, 2.75) is 19.3 Å². The van der Waals surface area contributed by atoms with Gasteiger partial charge in [-0.2, -0.15) is 0 Å². The molecule has 0 radical (unpaired) electrons. The lowest BCUT2D eigenvalue weighted by Crippen LogP contribution is -2.36. The number of carbonyl (C=O) groups excluding carboxylic acids is 2. The van der Waals surface area contributed by atoms with Crippen molar-refractivity contribution in [1.29, 1.82) is 0 Å². The largest absolute Gasteiger partial charge is 0.455 e. The number of carbonyl (C=O) groups is 2. The fraction of sp³-hybridized carbons (Fsp3) is 0.263. The molecule has 0 spiro atoms. The Morgan fingerprint density at radius 1 is 1.31 bits per heavy atom. The molecule has 0 saturated carbocycles. The van der Waals surface area contributed by atoms with Crippen LogP contribution in [0.3, 0.4) is 0 Å². The molecular weight excluding hydrogens is 359 g/mol. The van der Waals surface area contributed by atoms with Crippen LogP contribution < -0.4 is 15.4 Å². The Kier molecular flexibility index (Phi) is 5.73. The summed E-state index contributed by atoms with van der Waals surface area (Å²) >= 11 is 6.02. The van der Waals surface area contributed by atoms with E-state index in [9.17, 15) is 14.0 Å². The van der Waals surface area contributed by atoms with Crippen molar-refractivity contribution in [2.24, 2.45) is 5.92 Å². The molecular formula is C19H18ClFN2O3. The van der Waals surface area contributed by atoms with Gasteiger partial charge >= 0.3 is 0 Å². The SMILES string of the molecule is O=C1CCC(CC(=O)Nc2cc(Cl)ccc2Oc2cccc(F)c2)CN1. The topological polar surface area (TPSA) is 67.4 Å². The van der Waals surface area contributed by atoms with Crippen molar-refractivity contribution >= 4 is 29.1 Å². The summed E-state index contributed by atoms with van der Waals surface area (Å²) in [6.45, 7) is 0.494. The first-order valence-electron chi connectivity index (χ1n) is 8.29. The zero-order chi connectivity index (χ0) is 18.5. The van der Waals surface area contributed by atoms with Crippen molar-refractivity contribution in [3.8, 4) is 11.5 Å². The summed E-state index contributed by atoms with van der Waals surface area (Å²) in [6, 6.07) is 10.6. The minimum Gasteiger partial charge on any atom is -0.455 e. The number of benzene rings is 2. The predicted molar refractivity (Wildman–Crippen MR) is 96.9 cm³/mol. The van der Waals surface area contributed by atoms with Gasteiger partial charge < -0.3 is 15.4 Å². The van der Waals surface area contributed by atoms with Crippen LogP contribution in [0, 0.1) is 11.7 Å². The molecule has 1 fully saturated rings. The summed E-state index contributed by atoms with van der Waals surface area (Å²) in [5.41, 5.74) is 0.409. The predicted octanol–water partition coefficient (Wildman–Crippen LogP) is 4.13. The Hall–Kier alpha value is -2.60. The van der Waals surface area contributed by atoms with Crippen LogP contribution in [0.1, 0.15) is 19.3 Å². The summed E-state index contributed by atoms with van der Waals surface area (Å²) < 4.78 is 19.0. The van der Waals surface area contributed by atoms with Gasteiger partial charge in [0.25, 0.3) is 0 Å². The van der Waals surface area contributed by atoms with Crippen LogP contribution in [0.15, 0.2) is 42.5 Å². The molecule has 2 aromatic carbocycles. The molecule has 1 atom stereocenters. The van der Waals surface area contributed by atoms with Crippen LogP contribution in [0.4, 0.5) is 10.1 Å². The third kappa shape index (κ3) is 4.95. The average Bonchev–Trinajstić information content (AvgIpc) is 2.59. The molecule has 5 nitrogen and oxygen atoms in total. The van der Waals surface area contributed by atoms with Crippen molar-refractivity contribution < 1.29 is 18.7 Å². The number of ether oxygens (including phenoxy) is 1. The van der Waals surface area contributed by atoms with Crippen LogP contribution in [0.2, 0.25) is 5.02 Å². The van der Waals surface area contributed by atoms with Gasteiger partial charge in [-0.25, -0.2) is 4.39 Å². The quantitative estimate of drug-likeness (QED) is 0.824. The smallest absolute Gasteiger partial charge is 0.224 e. The lowest BCUT2D eigenvalue weighted by molar-refractivity contribution is -0.124. The highest BCUT2D eigenvalue weighted by Gasteiger charge is 2.21. The molecule has 1 aliphatic rings. The number of rotatable bonds is 5. The van der Waals surface area contributed by atoms with E-state index in [2.05, 4.69) is 10.6 Å². The van der Waals surface area contributed by atoms with E-state index in [-0.39, 0.29) is 24.2 Å². The van der Waals surface area contributed by atoms with Gasteiger partial charge in [0.2, 0.25) is 11.8 Å². The first-order chi connectivity index (χ1) is 12.5. The Morgan fingerprint density at radius 3 is 2.88 bits per heavy atom. The monoisotopic (exact) mass is 376 g/mol. The first-order valence-corrected chi connectivity index (χ1v) is 8.67. The number of amides is 2. The normalized spacial score (nSPS) is 16.7. The second-order valence-electron chi connectivity index (χ2n) is 6.16. The highest BCUT2D eigenvalue weighted by molar-refractivity contribution is 6.31. The standard InChI is InChI=1S/C19H18ClFN2O3/c20-13-5-6-17(26-15-3-1-2-14(21)10-15)16(9-13)23-19(25)8-12-4-7-18(24)22-11-12/h1-3,5-6,9-10,12H,4,7-8,11H2,(H,22,24)(H,23,25). The summed E-state index contributed by atoms with van der Waals surface area (Å²) in [5.74, 6) is 0.184. The third-order valence-electron chi connectivity index (χ3n) is 4.08.